The number of carbonyl (C=O) groups excluding carboxylic acids is 1. The van der Waals surface area contributed by atoms with E-state index >= 15 is 0 Å². The van der Waals surface area contributed by atoms with Gasteiger partial charge in [0.05, 0.1) is 7.11 Å². The van der Waals surface area contributed by atoms with Gasteiger partial charge in [-0.1, -0.05) is 23.8 Å². The Bertz CT molecular complexity index is 347. The van der Waals surface area contributed by atoms with Gasteiger partial charge in [-0.3, -0.25) is 0 Å². The highest BCUT2D eigenvalue weighted by Crippen LogP contribution is 2.07. The van der Waals surface area contributed by atoms with Gasteiger partial charge in [-0.05, 0) is 26.0 Å². The summed E-state index contributed by atoms with van der Waals surface area (Å²) in [5.74, 6) is 0. The van der Waals surface area contributed by atoms with Crippen LogP contribution in [-0.4, -0.2) is 26.3 Å². The summed E-state index contributed by atoms with van der Waals surface area (Å²) in [6.45, 7) is 8.52. The minimum atomic E-state index is -0.402. The first-order chi connectivity index (χ1) is 8.63. The molecule has 1 rings (SSSR count). The molecule has 1 aromatic rings. The van der Waals surface area contributed by atoms with Crippen molar-refractivity contribution in [2.24, 2.45) is 0 Å². The van der Waals surface area contributed by atoms with Crippen molar-refractivity contribution in [1.82, 2.24) is 5.32 Å². The lowest BCUT2D eigenvalue weighted by molar-refractivity contribution is 0.171. The van der Waals surface area contributed by atoms with Crippen molar-refractivity contribution < 1.29 is 9.53 Å². The van der Waals surface area contributed by atoms with E-state index in [0.717, 1.165) is 5.69 Å². The van der Waals surface area contributed by atoms with E-state index in [1.54, 1.807) is 6.08 Å². The van der Waals surface area contributed by atoms with Gasteiger partial charge in [0.25, 0.3) is 0 Å². The first kappa shape index (κ1) is 16.0. The molecule has 0 aromatic heterocycles. The first-order valence-electron chi connectivity index (χ1n) is 5.83. The largest absolute Gasteiger partial charge is 0.453 e. The third kappa shape index (κ3) is 8.21. The molecule has 0 aliphatic rings. The van der Waals surface area contributed by atoms with E-state index in [1.807, 2.05) is 38.1 Å². The summed E-state index contributed by atoms with van der Waals surface area (Å²) in [6, 6.07) is 8.09. The normalized spacial score (nSPS) is 8.61. The molecule has 100 valence electrons. The number of rotatable bonds is 4. The van der Waals surface area contributed by atoms with Crippen LogP contribution in [0, 0.1) is 6.92 Å². The lowest BCUT2D eigenvalue weighted by atomic mass is 10.2. The van der Waals surface area contributed by atoms with Crippen LogP contribution < -0.4 is 10.6 Å². The molecule has 18 heavy (non-hydrogen) atoms. The predicted octanol–water partition coefficient (Wildman–Crippen LogP) is 2.96. The molecule has 0 bridgehead atoms. The second kappa shape index (κ2) is 10.2. The summed E-state index contributed by atoms with van der Waals surface area (Å²) in [5, 5.41) is 5.77. The number of nitrogens with one attached hydrogen (secondary N) is 2. The van der Waals surface area contributed by atoms with E-state index < -0.39 is 6.09 Å². The molecule has 1 amide bonds. The number of aryl methyl sites for hydroxylation is 1. The van der Waals surface area contributed by atoms with Crippen molar-refractivity contribution in [3.63, 3.8) is 0 Å². The third-order valence-electron chi connectivity index (χ3n) is 1.96. The van der Waals surface area contributed by atoms with Crippen molar-refractivity contribution in [2.75, 3.05) is 25.5 Å². The van der Waals surface area contributed by atoms with E-state index in [0.29, 0.717) is 13.1 Å². The Morgan fingerprint density at radius 2 is 1.89 bits per heavy atom. The zero-order valence-electron chi connectivity index (χ0n) is 11.3. The maximum Gasteiger partial charge on any atom is 0.406 e. The molecule has 0 saturated carbocycles. The van der Waals surface area contributed by atoms with Gasteiger partial charge in [0.1, 0.15) is 0 Å². The lowest BCUT2D eigenvalue weighted by Crippen LogP contribution is -2.28. The molecule has 0 unspecified atom stereocenters. The number of amides is 1. The molecule has 0 heterocycles. The van der Waals surface area contributed by atoms with Crippen LogP contribution in [0.5, 0.6) is 0 Å². The monoisotopic (exact) mass is 250 g/mol. The van der Waals surface area contributed by atoms with E-state index in [-0.39, 0.29) is 0 Å². The summed E-state index contributed by atoms with van der Waals surface area (Å²) in [5.41, 5.74) is 2.28. The van der Waals surface area contributed by atoms with E-state index in [4.69, 9.17) is 0 Å². The van der Waals surface area contributed by atoms with E-state index in [9.17, 15) is 4.79 Å². The molecule has 4 heteroatoms. The standard InChI is InChI=1S/C11H16N2O2.C3H6/c1-9-3-5-10(6-4-9)12-7-8-13-11(14)15-2;1-3-2/h3-6,12H,7-8H2,1-2H3,(H,13,14);3H,1H2,2H3. The smallest absolute Gasteiger partial charge is 0.406 e. The van der Waals surface area contributed by atoms with Gasteiger partial charge in [0, 0.05) is 18.8 Å². The van der Waals surface area contributed by atoms with Crippen LogP contribution in [0.4, 0.5) is 10.5 Å². The molecular formula is C14H22N2O2. The fraction of sp³-hybridized carbons (Fsp3) is 0.357. The number of alkyl carbamates (subject to hydrolysis) is 1. The van der Waals surface area contributed by atoms with Crippen molar-refractivity contribution in [3.8, 4) is 0 Å². The molecule has 0 saturated heterocycles. The number of carbonyl (C=O) groups is 1. The molecule has 0 aliphatic carbocycles. The van der Waals surface area contributed by atoms with Gasteiger partial charge in [-0.15, -0.1) is 6.58 Å². The van der Waals surface area contributed by atoms with Crippen LogP contribution in [0.15, 0.2) is 36.9 Å². The number of hydrogen-bond acceptors (Lipinski definition) is 3. The van der Waals surface area contributed by atoms with Crippen LogP contribution >= 0.6 is 0 Å². The fourth-order valence-electron chi connectivity index (χ4n) is 1.11. The third-order valence-corrected chi connectivity index (χ3v) is 1.96. The molecule has 2 N–H and O–H groups in total. The summed E-state index contributed by atoms with van der Waals surface area (Å²) < 4.78 is 4.44. The summed E-state index contributed by atoms with van der Waals surface area (Å²) in [7, 11) is 1.35. The van der Waals surface area contributed by atoms with E-state index in [1.165, 1.54) is 12.7 Å². The van der Waals surface area contributed by atoms with Crippen LogP contribution in [-0.2, 0) is 4.74 Å². The maximum absolute atomic E-state index is 10.7. The minimum Gasteiger partial charge on any atom is -0.453 e. The van der Waals surface area contributed by atoms with Crippen molar-refractivity contribution in [1.29, 1.82) is 0 Å². The van der Waals surface area contributed by atoms with Crippen LogP contribution in [0.3, 0.4) is 0 Å². The molecule has 0 atom stereocenters. The predicted molar refractivity (Wildman–Crippen MR) is 75.9 cm³/mol. The highest BCUT2D eigenvalue weighted by molar-refractivity contribution is 5.66. The van der Waals surface area contributed by atoms with Gasteiger partial charge in [-0.25, -0.2) is 4.79 Å². The van der Waals surface area contributed by atoms with Crippen LogP contribution in [0.25, 0.3) is 0 Å². The van der Waals surface area contributed by atoms with Crippen molar-refractivity contribution in [2.45, 2.75) is 13.8 Å². The first-order valence-corrected chi connectivity index (χ1v) is 5.83. The number of allylic oxidation sites excluding steroid dienone is 1. The summed E-state index contributed by atoms with van der Waals surface area (Å²) >= 11 is 0. The summed E-state index contributed by atoms with van der Waals surface area (Å²) in [6.07, 6.45) is 1.35. The van der Waals surface area contributed by atoms with Crippen molar-refractivity contribution >= 4 is 11.8 Å². The average Bonchev–Trinajstić information content (AvgIpc) is 2.37. The lowest BCUT2D eigenvalue weighted by Gasteiger charge is -2.07. The van der Waals surface area contributed by atoms with Gasteiger partial charge in [-0.2, -0.15) is 0 Å². The van der Waals surface area contributed by atoms with Crippen LogP contribution in [0.2, 0.25) is 0 Å². The topological polar surface area (TPSA) is 50.4 Å². The van der Waals surface area contributed by atoms with Crippen molar-refractivity contribution in [3.05, 3.63) is 42.5 Å². The minimum absolute atomic E-state index is 0.402. The average molecular weight is 250 g/mol. The molecule has 0 spiro atoms. The second-order valence-electron chi connectivity index (χ2n) is 3.62. The Balaban J connectivity index is 0.000000873. The number of benzene rings is 1. The number of ether oxygens (including phenoxy) is 1. The van der Waals surface area contributed by atoms with Gasteiger partial charge in [0.2, 0.25) is 0 Å². The Morgan fingerprint density at radius 3 is 2.39 bits per heavy atom. The Labute approximate surface area is 109 Å². The molecule has 0 radical (unpaired) electrons. The number of anilines is 1. The van der Waals surface area contributed by atoms with Gasteiger partial charge in [0.15, 0.2) is 0 Å². The SMILES string of the molecule is C=CC.COC(=O)NCCNc1ccc(C)cc1. The zero-order chi connectivity index (χ0) is 13.8. The highest BCUT2D eigenvalue weighted by atomic mass is 16.5. The fourth-order valence-corrected chi connectivity index (χ4v) is 1.11. The second-order valence-corrected chi connectivity index (χ2v) is 3.62. The summed E-state index contributed by atoms with van der Waals surface area (Å²) in [4.78, 5) is 10.7. The molecular weight excluding hydrogens is 228 g/mol. The molecule has 0 fully saturated rings. The number of hydrogen-bond donors (Lipinski definition) is 2. The Hall–Kier alpha value is -1.97. The molecule has 4 nitrogen and oxygen atoms in total. The molecule has 0 aliphatic heterocycles. The van der Waals surface area contributed by atoms with Gasteiger partial charge < -0.3 is 15.4 Å². The number of methoxy groups -OCH3 is 1. The highest BCUT2D eigenvalue weighted by Gasteiger charge is 1.96. The quantitative estimate of drug-likeness (QED) is 0.638. The zero-order valence-corrected chi connectivity index (χ0v) is 11.3. The molecule has 1 aromatic carbocycles. The maximum atomic E-state index is 10.7. The Morgan fingerprint density at radius 1 is 1.33 bits per heavy atom. The Kier molecular flexibility index (Phi) is 9.08. The van der Waals surface area contributed by atoms with E-state index in [2.05, 4.69) is 21.9 Å². The van der Waals surface area contributed by atoms with Gasteiger partial charge >= 0.3 is 6.09 Å². The van der Waals surface area contributed by atoms with Crippen LogP contribution in [0.1, 0.15) is 12.5 Å².